The maximum Gasteiger partial charge on any atom is 0.321 e. The van der Waals surface area contributed by atoms with Crippen LogP contribution in [0.1, 0.15) is 12.0 Å². The molecule has 4 nitrogen and oxygen atoms in total. The second-order valence-corrected chi connectivity index (χ2v) is 4.46. The smallest absolute Gasteiger partial charge is 0.321 e. The molecule has 2 atom stereocenters. The first-order valence-corrected chi connectivity index (χ1v) is 6.18. The fourth-order valence-electron chi connectivity index (χ4n) is 2.07. The summed E-state index contributed by atoms with van der Waals surface area (Å²) in [5.74, 6) is -0.800. The van der Waals surface area contributed by atoms with Crippen LogP contribution in [-0.2, 0) is 11.2 Å². The van der Waals surface area contributed by atoms with E-state index in [0.29, 0.717) is 6.42 Å². The molecule has 0 fully saturated rings. The zero-order chi connectivity index (χ0) is 12.8. The molecule has 0 aliphatic carbocycles. The SMILES string of the molecule is O=C(O)[C@H](Cc1ccccc1)NC1C=CNCC1. The molecule has 18 heavy (non-hydrogen) atoms. The summed E-state index contributed by atoms with van der Waals surface area (Å²) in [6, 6.07) is 9.29. The van der Waals surface area contributed by atoms with E-state index in [4.69, 9.17) is 0 Å². The minimum atomic E-state index is -0.800. The van der Waals surface area contributed by atoms with Crippen molar-refractivity contribution in [3.63, 3.8) is 0 Å². The molecular weight excluding hydrogens is 228 g/mol. The van der Waals surface area contributed by atoms with Crippen LogP contribution in [0.15, 0.2) is 42.6 Å². The fourth-order valence-corrected chi connectivity index (χ4v) is 2.07. The molecule has 0 amide bonds. The molecule has 4 heteroatoms. The third-order valence-corrected chi connectivity index (χ3v) is 3.04. The second kappa shape index (κ2) is 6.21. The summed E-state index contributed by atoms with van der Waals surface area (Å²) in [5.41, 5.74) is 1.04. The van der Waals surface area contributed by atoms with Crippen LogP contribution in [0.5, 0.6) is 0 Å². The number of carbonyl (C=O) groups is 1. The van der Waals surface area contributed by atoms with Crippen molar-refractivity contribution >= 4 is 5.97 Å². The van der Waals surface area contributed by atoms with Gasteiger partial charge in [-0.05, 0) is 24.6 Å². The van der Waals surface area contributed by atoms with Gasteiger partial charge in [-0.2, -0.15) is 0 Å². The van der Waals surface area contributed by atoms with E-state index in [0.717, 1.165) is 18.5 Å². The van der Waals surface area contributed by atoms with Crippen molar-refractivity contribution in [2.75, 3.05) is 6.54 Å². The average molecular weight is 246 g/mol. The van der Waals surface area contributed by atoms with Gasteiger partial charge in [0.25, 0.3) is 0 Å². The molecule has 96 valence electrons. The van der Waals surface area contributed by atoms with E-state index < -0.39 is 12.0 Å². The maximum atomic E-state index is 11.3. The molecule has 3 N–H and O–H groups in total. The number of aliphatic carboxylic acids is 1. The Kier molecular flexibility index (Phi) is 4.36. The van der Waals surface area contributed by atoms with Crippen molar-refractivity contribution in [1.29, 1.82) is 0 Å². The molecule has 1 aromatic rings. The first-order valence-electron chi connectivity index (χ1n) is 6.18. The molecule has 1 unspecified atom stereocenters. The highest BCUT2D eigenvalue weighted by atomic mass is 16.4. The molecule has 0 spiro atoms. The van der Waals surface area contributed by atoms with Crippen molar-refractivity contribution in [3.8, 4) is 0 Å². The summed E-state index contributed by atoms with van der Waals surface area (Å²) < 4.78 is 0. The highest BCUT2D eigenvalue weighted by Gasteiger charge is 2.21. The van der Waals surface area contributed by atoms with E-state index in [-0.39, 0.29) is 6.04 Å². The zero-order valence-electron chi connectivity index (χ0n) is 10.2. The molecule has 1 aliphatic heterocycles. The van der Waals surface area contributed by atoms with Gasteiger partial charge in [0, 0.05) is 12.6 Å². The standard InChI is InChI=1S/C14H18N2O2/c17-14(18)13(10-11-4-2-1-3-5-11)16-12-6-8-15-9-7-12/h1-6,8,12-13,15-16H,7,9-10H2,(H,17,18)/t12?,13-/m0/s1. The normalized spacial score (nSPS) is 20.1. The third-order valence-electron chi connectivity index (χ3n) is 3.04. The van der Waals surface area contributed by atoms with Crippen LogP contribution in [0, 0.1) is 0 Å². The molecule has 1 aliphatic rings. The number of benzene rings is 1. The van der Waals surface area contributed by atoms with E-state index in [1.54, 1.807) is 0 Å². The highest BCUT2D eigenvalue weighted by molar-refractivity contribution is 5.74. The Balaban J connectivity index is 1.98. The topological polar surface area (TPSA) is 61.4 Å². The Morgan fingerprint density at radius 1 is 1.44 bits per heavy atom. The largest absolute Gasteiger partial charge is 0.480 e. The molecule has 0 bridgehead atoms. The molecule has 0 radical (unpaired) electrons. The summed E-state index contributed by atoms with van der Waals surface area (Å²) in [5, 5.41) is 15.5. The summed E-state index contributed by atoms with van der Waals surface area (Å²) in [6.07, 6.45) is 5.27. The van der Waals surface area contributed by atoms with Crippen LogP contribution < -0.4 is 10.6 Å². The number of carboxylic acids is 1. The maximum absolute atomic E-state index is 11.3. The number of carboxylic acid groups (broad SMARTS) is 1. The zero-order valence-corrected chi connectivity index (χ0v) is 10.2. The quantitative estimate of drug-likeness (QED) is 0.729. The lowest BCUT2D eigenvalue weighted by atomic mass is 10.0. The molecule has 0 aromatic heterocycles. The van der Waals surface area contributed by atoms with Gasteiger partial charge in [0.15, 0.2) is 0 Å². The first kappa shape index (κ1) is 12.6. The molecule has 1 aromatic carbocycles. The van der Waals surface area contributed by atoms with Gasteiger partial charge < -0.3 is 10.4 Å². The third kappa shape index (κ3) is 3.60. The number of hydrogen-bond acceptors (Lipinski definition) is 3. The van der Waals surface area contributed by atoms with Crippen molar-refractivity contribution < 1.29 is 9.90 Å². The Morgan fingerprint density at radius 3 is 2.83 bits per heavy atom. The van der Waals surface area contributed by atoms with Crippen LogP contribution in [0.25, 0.3) is 0 Å². The van der Waals surface area contributed by atoms with Crippen LogP contribution in [0.4, 0.5) is 0 Å². The Hall–Kier alpha value is -1.81. The van der Waals surface area contributed by atoms with E-state index in [1.807, 2.05) is 42.6 Å². The van der Waals surface area contributed by atoms with Crippen LogP contribution in [0.2, 0.25) is 0 Å². The minimum Gasteiger partial charge on any atom is -0.480 e. The molecule has 0 saturated carbocycles. The van der Waals surface area contributed by atoms with E-state index >= 15 is 0 Å². The summed E-state index contributed by atoms with van der Waals surface area (Å²) in [7, 11) is 0. The van der Waals surface area contributed by atoms with Gasteiger partial charge in [-0.25, -0.2) is 0 Å². The Morgan fingerprint density at radius 2 is 2.22 bits per heavy atom. The van der Waals surface area contributed by atoms with Crippen molar-refractivity contribution in [3.05, 3.63) is 48.2 Å². The van der Waals surface area contributed by atoms with Gasteiger partial charge in [0.1, 0.15) is 6.04 Å². The van der Waals surface area contributed by atoms with E-state index in [2.05, 4.69) is 10.6 Å². The van der Waals surface area contributed by atoms with Crippen LogP contribution in [0.3, 0.4) is 0 Å². The van der Waals surface area contributed by atoms with Gasteiger partial charge in [-0.15, -0.1) is 0 Å². The van der Waals surface area contributed by atoms with Crippen molar-refractivity contribution in [2.24, 2.45) is 0 Å². The van der Waals surface area contributed by atoms with Gasteiger partial charge in [-0.3, -0.25) is 10.1 Å². The lowest BCUT2D eigenvalue weighted by Gasteiger charge is -2.23. The van der Waals surface area contributed by atoms with E-state index in [9.17, 15) is 9.90 Å². The molecule has 0 saturated heterocycles. The highest BCUT2D eigenvalue weighted by Crippen LogP contribution is 2.06. The van der Waals surface area contributed by atoms with E-state index in [1.165, 1.54) is 0 Å². The van der Waals surface area contributed by atoms with Crippen molar-refractivity contribution in [1.82, 2.24) is 10.6 Å². The molecular formula is C14H18N2O2. The fraction of sp³-hybridized carbons (Fsp3) is 0.357. The van der Waals surface area contributed by atoms with Gasteiger partial charge in [0.05, 0.1) is 0 Å². The predicted molar refractivity (Wildman–Crippen MR) is 70.3 cm³/mol. The van der Waals surface area contributed by atoms with Gasteiger partial charge in [0.2, 0.25) is 0 Å². The molecule has 1 heterocycles. The number of nitrogens with one attached hydrogen (secondary N) is 2. The number of rotatable bonds is 5. The summed E-state index contributed by atoms with van der Waals surface area (Å²) in [4.78, 5) is 11.3. The summed E-state index contributed by atoms with van der Waals surface area (Å²) in [6.45, 7) is 0.881. The average Bonchev–Trinajstić information content (AvgIpc) is 2.40. The predicted octanol–water partition coefficient (Wildman–Crippen LogP) is 1.15. The van der Waals surface area contributed by atoms with Gasteiger partial charge in [-0.1, -0.05) is 36.4 Å². The van der Waals surface area contributed by atoms with Crippen LogP contribution >= 0.6 is 0 Å². The number of hydrogen-bond donors (Lipinski definition) is 3. The minimum absolute atomic E-state index is 0.135. The first-order chi connectivity index (χ1) is 8.75. The van der Waals surface area contributed by atoms with Gasteiger partial charge >= 0.3 is 5.97 Å². The second-order valence-electron chi connectivity index (χ2n) is 4.46. The van der Waals surface area contributed by atoms with Crippen LogP contribution in [-0.4, -0.2) is 29.7 Å². The lowest BCUT2D eigenvalue weighted by Crippen LogP contribution is -2.45. The summed E-state index contributed by atoms with van der Waals surface area (Å²) >= 11 is 0. The Bertz CT molecular complexity index is 417. The Labute approximate surface area is 107 Å². The lowest BCUT2D eigenvalue weighted by molar-refractivity contribution is -0.139. The van der Waals surface area contributed by atoms with Crippen molar-refractivity contribution in [2.45, 2.75) is 24.9 Å². The monoisotopic (exact) mass is 246 g/mol. The molecule has 2 rings (SSSR count).